The number of allylic oxidation sites excluding steroid dienone is 1. The average molecular weight is 498 g/mol. The molecule has 2 aliphatic heterocycles. The third-order valence-corrected chi connectivity index (χ3v) is 6.48. The summed E-state index contributed by atoms with van der Waals surface area (Å²) >= 11 is 1.66. The molecule has 184 valence electrons. The topological polar surface area (TPSA) is 89.5 Å². The predicted molar refractivity (Wildman–Crippen MR) is 136 cm³/mol. The number of thioether (sulfide) groups is 1. The fourth-order valence-electron chi connectivity index (χ4n) is 4.19. The minimum absolute atomic E-state index is 0.308. The summed E-state index contributed by atoms with van der Waals surface area (Å²) in [6, 6.07) is 7.39. The van der Waals surface area contributed by atoms with Crippen LogP contribution < -0.4 is 10.6 Å². The molecule has 2 N–H and O–H groups in total. The van der Waals surface area contributed by atoms with Crippen LogP contribution in [0.1, 0.15) is 38.3 Å². The van der Waals surface area contributed by atoms with Gasteiger partial charge in [-0.2, -0.15) is 11.8 Å². The van der Waals surface area contributed by atoms with E-state index in [2.05, 4.69) is 15.6 Å². The molecule has 0 saturated carbocycles. The van der Waals surface area contributed by atoms with Gasteiger partial charge < -0.3 is 20.1 Å². The van der Waals surface area contributed by atoms with Crippen LogP contribution in [0.3, 0.4) is 0 Å². The number of nitrogens with one attached hydrogen (secondary N) is 2. The smallest absolute Gasteiger partial charge is 0.328 e. The molecular formula is C26H28FN3O4S. The molecule has 0 unspecified atom stereocenters. The van der Waals surface area contributed by atoms with Gasteiger partial charge in [-0.15, -0.1) is 0 Å². The van der Waals surface area contributed by atoms with Crippen LogP contribution in [0.15, 0.2) is 48.4 Å². The number of carbonyl (C=O) groups excluding carboxylic acids is 2. The van der Waals surface area contributed by atoms with Crippen molar-refractivity contribution in [1.82, 2.24) is 4.98 Å². The number of amides is 1. The highest BCUT2D eigenvalue weighted by atomic mass is 32.2. The number of anilines is 2. The monoisotopic (exact) mass is 497 g/mol. The van der Waals surface area contributed by atoms with Crippen molar-refractivity contribution in [2.24, 2.45) is 0 Å². The number of carbonyl (C=O) groups is 2. The first-order valence-electron chi connectivity index (χ1n) is 11.4. The predicted octanol–water partition coefficient (Wildman–Crippen LogP) is 4.87. The Morgan fingerprint density at radius 1 is 1.31 bits per heavy atom. The number of ether oxygens (including phenoxy) is 2. The molecule has 0 aliphatic carbocycles. The van der Waals surface area contributed by atoms with Crippen LogP contribution in [-0.4, -0.2) is 47.1 Å². The molecule has 1 aromatic carbocycles. The number of hydrogen-bond donors (Lipinski definition) is 2. The van der Waals surface area contributed by atoms with Gasteiger partial charge in [-0.25, -0.2) is 14.2 Å². The minimum Gasteiger partial charge on any atom is -0.482 e. The van der Waals surface area contributed by atoms with Crippen LogP contribution >= 0.6 is 11.8 Å². The van der Waals surface area contributed by atoms with Gasteiger partial charge in [0.2, 0.25) is 0 Å². The zero-order chi connectivity index (χ0) is 25.2. The average Bonchev–Trinajstić information content (AvgIpc) is 3.30. The SMILES string of the molecule is CCOC(=O)[C@H](CCSC)Nc1cc(C2=CC(=C3C(=O)Nc4cc(F)ccc43)OC2(C)C)ccn1. The Labute approximate surface area is 208 Å². The van der Waals surface area contributed by atoms with E-state index in [1.54, 1.807) is 30.9 Å². The lowest BCUT2D eigenvalue weighted by molar-refractivity contribution is -0.144. The van der Waals surface area contributed by atoms with Crippen LogP contribution in [-0.2, 0) is 19.1 Å². The Balaban J connectivity index is 1.67. The first kappa shape index (κ1) is 24.8. The van der Waals surface area contributed by atoms with E-state index in [1.807, 2.05) is 38.3 Å². The molecule has 3 heterocycles. The number of benzene rings is 1. The number of fused-ring (bicyclic) bond motifs is 1. The molecule has 0 fully saturated rings. The van der Waals surface area contributed by atoms with Crippen molar-refractivity contribution in [1.29, 1.82) is 0 Å². The second-order valence-electron chi connectivity index (χ2n) is 8.71. The molecule has 4 rings (SSSR count). The van der Waals surface area contributed by atoms with E-state index in [0.29, 0.717) is 41.4 Å². The van der Waals surface area contributed by atoms with Crippen LogP contribution in [0.25, 0.3) is 11.1 Å². The molecule has 0 radical (unpaired) electrons. The van der Waals surface area contributed by atoms with Crippen LogP contribution in [0, 0.1) is 5.82 Å². The van der Waals surface area contributed by atoms with Gasteiger partial charge in [0.25, 0.3) is 5.91 Å². The van der Waals surface area contributed by atoms with E-state index < -0.39 is 17.5 Å². The van der Waals surface area contributed by atoms with Crippen molar-refractivity contribution in [3.63, 3.8) is 0 Å². The van der Waals surface area contributed by atoms with Crippen molar-refractivity contribution < 1.29 is 23.5 Å². The maximum atomic E-state index is 13.6. The molecule has 0 spiro atoms. The van der Waals surface area contributed by atoms with E-state index in [-0.39, 0.29) is 11.9 Å². The lowest BCUT2D eigenvalue weighted by atomic mass is 9.92. The molecule has 7 nitrogen and oxygen atoms in total. The van der Waals surface area contributed by atoms with Gasteiger partial charge in [0.1, 0.15) is 29.0 Å². The number of pyridine rings is 1. The summed E-state index contributed by atoms with van der Waals surface area (Å²) in [5.74, 6) is 0.688. The van der Waals surface area contributed by atoms with E-state index in [0.717, 1.165) is 16.9 Å². The normalized spacial score (nSPS) is 18.9. The maximum Gasteiger partial charge on any atom is 0.328 e. The molecule has 35 heavy (non-hydrogen) atoms. The minimum atomic E-state index is -0.733. The van der Waals surface area contributed by atoms with E-state index in [4.69, 9.17) is 9.47 Å². The third-order valence-electron chi connectivity index (χ3n) is 5.84. The van der Waals surface area contributed by atoms with Gasteiger partial charge in [0.05, 0.1) is 17.9 Å². The maximum absolute atomic E-state index is 13.6. The first-order valence-corrected chi connectivity index (χ1v) is 12.8. The van der Waals surface area contributed by atoms with Crippen molar-refractivity contribution in [3.8, 4) is 0 Å². The zero-order valence-corrected chi connectivity index (χ0v) is 20.9. The number of halogens is 1. The molecule has 2 aromatic rings. The number of hydrogen-bond acceptors (Lipinski definition) is 7. The van der Waals surface area contributed by atoms with Crippen molar-refractivity contribution in [3.05, 3.63) is 65.3 Å². The van der Waals surface area contributed by atoms with Gasteiger partial charge >= 0.3 is 5.97 Å². The standard InChI is InChI=1S/C26H28FN3O4S/c1-5-33-25(32)19(9-11-35-4)29-22-12-15(8-10-28-22)18-14-21(34-26(18,2)3)23-17-7-6-16(27)13-20(17)30-24(23)31/h6-8,10,12-14,19H,5,9,11H2,1-4H3,(H,28,29)(H,30,31)/t19-/m0/s1. The number of rotatable bonds is 8. The molecule has 9 heteroatoms. The summed E-state index contributed by atoms with van der Waals surface area (Å²) in [5, 5.41) is 5.91. The number of esters is 1. The van der Waals surface area contributed by atoms with Gasteiger partial charge in [0, 0.05) is 17.3 Å². The molecule has 1 aromatic heterocycles. The zero-order valence-electron chi connectivity index (χ0n) is 20.1. The van der Waals surface area contributed by atoms with Crippen molar-refractivity contribution >= 4 is 46.3 Å². The van der Waals surface area contributed by atoms with Crippen LogP contribution in [0.2, 0.25) is 0 Å². The molecule has 2 aliphatic rings. The molecule has 0 bridgehead atoms. The Morgan fingerprint density at radius 2 is 2.11 bits per heavy atom. The van der Waals surface area contributed by atoms with E-state index >= 15 is 0 Å². The third kappa shape index (κ3) is 5.19. The van der Waals surface area contributed by atoms with Gasteiger partial charge in [0.15, 0.2) is 0 Å². The molecule has 1 atom stereocenters. The molecule has 0 saturated heterocycles. The van der Waals surface area contributed by atoms with Crippen LogP contribution in [0.5, 0.6) is 0 Å². The summed E-state index contributed by atoms with van der Waals surface area (Å²) in [5.41, 5.74) is 2.35. The Morgan fingerprint density at radius 3 is 2.86 bits per heavy atom. The second-order valence-corrected chi connectivity index (χ2v) is 9.70. The Bertz CT molecular complexity index is 1220. The summed E-state index contributed by atoms with van der Waals surface area (Å²) < 4.78 is 25.1. The fraction of sp³-hybridized carbons (Fsp3) is 0.346. The van der Waals surface area contributed by atoms with Crippen molar-refractivity contribution in [2.75, 3.05) is 29.2 Å². The van der Waals surface area contributed by atoms with Gasteiger partial charge in [-0.05, 0) is 81.2 Å². The van der Waals surface area contributed by atoms with Gasteiger partial charge in [-0.1, -0.05) is 0 Å². The highest BCUT2D eigenvalue weighted by Gasteiger charge is 2.38. The summed E-state index contributed by atoms with van der Waals surface area (Å²) in [4.78, 5) is 29.5. The highest BCUT2D eigenvalue weighted by Crippen LogP contribution is 2.44. The second kappa shape index (κ2) is 10.1. The summed E-state index contributed by atoms with van der Waals surface area (Å²) in [7, 11) is 0. The first-order chi connectivity index (χ1) is 16.7. The van der Waals surface area contributed by atoms with E-state index in [9.17, 15) is 14.0 Å². The number of aromatic nitrogens is 1. The van der Waals surface area contributed by atoms with Crippen LogP contribution in [0.4, 0.5) is 15.9 Å². The Hall–Kier alpha value is -3.33. The number of nitrogens with zero attached hydrogens (tertiary/aromatic N) is 1. The summed E-state index contributed by atoms with van der Waals surface area (Å²) in [6.45, 7) is 5.92. The largest absolute Gasteiger partial charge is 0.482 e. The lowest BCUT2D eigenvalue weighted by Crippen LogP contribution is -2.32. The summed E-state index contributed by atoms with van der Waals surface area (Å²) in [6.07, 6.45) is 6.09. The fourth-order valence-corrected chi connectivity index (χ4v) is 4.66. The lowest BCUT2D eigenvalue weighted by Gasteiger charge is -2.24. The van der Waals surface area contributed by atoms with Gasteiger partial charge in [-0.3, -0.25) is 4.79 Å². The quantitative estimate of drug-likeness (QED) is 0.397. The van der Waals surface area contributed by atoms with Crippen molar-refractivity contribution in [2.45, 2.75) is 38.8 Å². The van der Waals surface area contributed by atoms with E-state index in [1.165, 1.54) is 12.1 Å². The highest BCUT2D eigenvalue weighted by molar-refractivity contribution is 7.98. The molecule has 1 amide bonds. The molecular weight excluding hydrogens is 469 g/mol. The Kier molecular flexibility index (Phi) is 7.16.